The molecule has 1 heterocycles. The Kier molecular flexibility index (Phi) is 5.29. The van der Waals surface area contributed by atoms with Crippen LogP contribution >= 0.6 is 45.8 Å². The minimum absolute atomic E-state index is 0.0230. The maximum Gasteiger partial charge on any atom is 0.166 e. The molecule has 0 bridgehead atoms. The molecule has 0 atom stereocenters. The molecule has 0 aliphatic carbocycles. The van der Waals surface area contributed by atoms with Crippen molar-refractivity contribution in [2.75, 3.05) is 12.3 Å². The van der Waals surface area contributed by atoms with Gasteiger partial charge in [0.25, 0.3) is 0 Å². The lowest BCUT2D eigenvalue weighted by Crippen LogP contribution is -2.06. The summed E-state index contributed by atoms with van der Waals surface area (Å²) in [4.78, 5) is 3.99. The topological polar surface area (TPSA) is 48.1 Å². The van der Waals surface area contributed by atoms with E-state index in [4.69, 9.17) is 33.7 Å². The van der Waals surface area contributed by atoms with E-state index in [0.717, 1.165) is 3.57 Å². The van der Waals surface area contributed by atoms with Crippen molar-refractivity contribution in [1.82, 2.24) is 4.98 Å². The fourth-order valence-electron chi connectivity index (χ4n) is 1.61. The predicted octanol–water partition coefficient (Wildman–Crippen LogP) is 4.34. The van der Waals surface area contributed by atoms with E-state index in [0.29, 0.717) is 28.6 Å². The smallest absolute Gasteiger partial charge is 0.166 e. The maximum absolute atomic E-state index is 13.4. The molecule has 2 aromatic rings. The molecule has 20 heavy (non-hydrogen) atoms. The van der Waals surface area contributed by atoms with Gasteiger partial charge in [-0.15, -0.1) is 0 Å². The number of anilines is 1. The van der Waals surface area contributed by atoms with Gasteiger partial charge in [-0.1, -0.05) is 23.2 Å². The van der Waals surface area contributed by atoms with E-state index in [-0.39, 0.29) is 11.6 Å². The molecular formula is C13H10Cl2FIN2O. The van der Waals surface area contributed by atoms with Crippen LogP contribution in [0.4, 0.5) is 10.2 Å². The first kappa shape index (κ1) is 15.6. The molecule has 0 saturated carbocycles. The molecule has 1 aromatic heterocycles. The van der Waals surface area contributed by atoms with Gasteiger partial charge in [0.05, 0.1) is 11.6 Å². The second kappa shape index (κ2) is 6.78. The van der Waals surface area contributed by atoms with Crippen LogP contribution in [0.3, 0.4) is 0 Å². The fourth-order valence-corrected chi connectivity index (χ4v) is 2.59. The number of hydrogen-bond donors (Lipinski definition) is 1. The standard InChI is InChI=1S/C13H10Cl2FIN2O/c14-9-1-2-10(16)12(15)8(9)3-4-20-11-5-7(17)6-19-13(11)18/h1-2,5-6H,3-4H2,(H2,18,19). The van der Waals surface area contributed by atoms with Crippen LogP contribution in [0.1, 0.15) is 5.56 Å². The second-order valence-corrected chi connectivity index (χ2v) is 5.99. The highest BCUT2D eigenvalue weighted by molar-refractivity contribution is 14.1. The van der Waals surface area contributed by atoms with Crippen LogP contribution in [0, 0.1) is 9.39 Å². The molecule has 0 aliphatic rings. The number of halogens is 4. The first-order valence-corrected chi connectivity index (χ1v) is 7.48. The molecule has 0 unspecified atom stereocenters. The van der Waals surface area contributed by atoms with Gasteiger partial charge < -0.3 is 10.5 Å². The zero-order valence-electron chi connectivity index (χ0n) is 10.2. The highest BCUT2D eigenvalue weighted by Gasteiger charge is 2.11. The summed E-state index contributed by atoms with van der Waals surface area (Å²) in [5.41, 5.74) is 6.22. The Morgan fingerprint density at radius 3 is 2.85 bits per heavy atom. The molecule has 0 radical (unpaired) electrons. The normalized spacial score (nSPS) is 10.6. The maximum atomic E-state index is 13.4. The van der Waals surface area contributed by atoms with Gasteiger partial charge in [-0.25, -0.2) is 9.37 Å². The van der Waals surface area contributed by atoms with Crippen molar-refractivity contribution in [1.29, 1.82) is 0 Å². The second-order valence-electron chi connectivity index (χ2n) is 3.96. The summed E-state index contributed by atoms with van der Waals surface area (Å²) in [5, 5.41) is 0.434. The largest absolute Gasteiger partial charge is 0.489 e. The van der Waals surface area contributed by atoms with Gasteiger partial charge >= 0.3 is 0 Å². The van der Waals surface area contributed by atoms with Crippen molar-refractivity contribution in [2.24, 2.45) is 0 Å². The molecule has 0 aliphatic heterocycles. The van der Waals surface area contributed by atoms with Crippen molar-refractivity contribution < 1.29 is 9.13 Å². The Labute approximate surface area is 139 Å². The molecular weight excluding hydrogens is 417 g/mol. The molecule has 0 saturated heterocycles. The molecule has 2 rings (SSSR count). The predicted molar refractivity (Wildman–Crippen MR) is 87.0 cm³/mol. The molecule has 0 amide bonds. The SMILES string of the molecule is Nc1ncc(I)cc1OCCc1c(Cl)ccc(F)c1Cl. The first-order chi connectivity index (χ1) is 9.49. The number of rotatable bonds is 4. The van der Waals surface area contributed by atoms with E-state index >= 15 is 0 Å². The van der Waals surface area contributed by atoms with Crippen LogP contribution < -0.4 is 10.5 Å². The van der Waals surface area contributed by atoms with Crippen LogP contribution in [0.5, 0.6) is 5.75 Å². The lowest BCUT2D eigenvalue weighted by atomic mass is 10.1. The summed E-state index contributed by atoms with van der Waals surface area (Å²) < 4.78 is 19.8. The van der Waals surface area contributed by atoms with Crippen molar-refractivity contribution >= 4 is 51.6 Å². The number of benzene rings is 1. The van der Waals surface area contributed by atoms with E-state index in [1.54, 1.807) is 12.3 Å². The van der Waals surface area contributed by atoms with Gasteiger partial charge in [0.1, 0.15) is 5.82 Å². The number of nitrogen functional groups attached to an aromatic ring is 1. The zero-order valence-corrected chi connectivity index (χ0v) is 13.8. The number of pyridine rings is 1. The fraction of sp³-hybridized carbons (Fsp3) is 0.154. The number of ether oxygens (including phenoxy) is 1. The first-order valence-electron chi connectivity index (χ1n) is 5.65. The van der Waals surface area contributed by atoms with Crippen LogP contribution in [0.2, 0.25) is 10.0 Å². The van der Waals surface area contributed by atoms with Crippen LogP contribution in [-0.2, 0) is 6.42 Å². The third kappa shape index (κ3) is 3.65. The average molecular weight is 427 g/mol. The summed E-state index contributed by atoms with van der Waals surface area (Å²) in [5.74, 6) is 0.295. The molecule has 2 N–H and O–H groups in total. The van der Waals surface area contributed by atoms with E-state index in [2.05, 4.69) is 27.6 Å². The van der Waals surface area contributed by atoms with Gasteiger partial charge in [0.15, 0.2) is 11.6 Å². The quantitative estimate of drug-likeness (QED) is 0.584. The number of nitrogens with two attached hydrogens (primary N) is 1. The number of aromatic nitrogens is 1. The Bertz CT molecular complexity index is 640. The van der Waals surface area contributed by atoms with E-state index in [1.807, 2.05) is 0 Å². The highest BCUT2D eigenvalue weighted by atomic mass is 127. The Morgan fingerprint density at radius 1 is 1.35 bits per heavy atom. The summed E-state index contributed by atoms with van der Waals surface area (Å²) in [7, 11) is 0. The summed E-state index contributed by atoms with van der Waals surface area (Å²) in [6.07, 6.45) is 2.02. The van der Waals surface area contributed by atoms with Gasteiger partial charge in [-0.2, -0.15) is 0 Å². The third-order valence-electron chi connectivity index (χ3n) is 2.60. The van der Waals surface area contributed by atoms with Crippen LogP contribution in [-0.4, -0.2) is 11.6 Å². The average Bonchev–Trinajstić information content (AvgIpc) is 2.42. The van der Waals surface area contributed by atoms with Crippen molar-refractivity contribution in [2.45, 2.75) is 6.42 Å². The Morgan fingerprint density at radius 2 is 2.10 bits per heavy atom. The Hall–Kier alpha value is -0.790. The lowest BCUT2D eigenvalue weighted by molar-refractivity contribution is 0.322. The van der Waals surface area contributed by atoms with Gasteiger partial charge in [0, 0.05) is 21.2 Å². The minimum Gasteiger partial charge on any atom is -0.489 e. The minimum atomic E-state index is -0.499. The van der Waals surface area contributed by atoms with Gasteiger partial charge in [0.2, 0.25) is 0 Å². The zero-order chi connectivity index (χ0) is 14.7. The molecule has 0 spiro atoms. The van der Waals surface area contributed by atoms with Crippen LogP contribution in [0.25, 0.3) is 0 Å². The lowest BCUT2D eigenvalue weighted by Gasteiger charge is -2.11. The van der Waals surface area contributed by atoms with E-state index < -0.39 is 5.82 Å². The summed E-state index contributed by atoms with van der Waals surface area (Å²) >= 11 is 14.0. The monoisotopic (exact) mass is 426 g/mol. The third-order valence-corrected chi connectivity index (χ3v) is 3.95. The highest BCUT2D eigenvalue weighted by Crippen LogP contribution is 2.28. The Balaban J connectivity index is 2.07. The van der Waals surface area contributed by atoms with E-state index in [1.165, 1.54) is 12.1 Å². The number of hydrogen-bond acceptors (Lipinski definition) is 3. The molecule has 3 nitrogen and oxygen atoms in total. The van der Waals surface area contributed by atoms with Crippen LogP contribution in [0.15, 0.2) is 24.4 Å². The van der Waals surface area contributed by atoms with Crippen molar-refractivity contribution in [3.63, 3.8) is 0 Å². The van der Waals surface area contributed by atoms with Gasteiger partial charge in [-0.05, 0) is 46.4 Å². The molecule has 1 aromatic carbocycles. The van der Waals surface area contributed by atoms with Gasteiger partial charge in [-0.3, -0.25) is 0 Å². The molecule has 7 heteroatoms. The summed E-state index contributed by atoms with van der Waals surface area (Å²) in [6, 6.07) is 4.48. The van der Waals surface area contributed by atoms with Crippen molar-refractivity contribution in [3.8, 4) is 5.75 Å². The summed E-state index contributed by atoms with van der Waals surface area (Å²) in [6.45, 7) is 0.273. The van der Waals surface area contributed by atoms with Crippen molar-refractivity contribution in [3.05, 3.63) is 49.4 Å². The molecule has 0 fully saturated rings. The van der Waals surface area contributed by atoms with E-state index in [9.17, 15) is 4.39 Å². The molecule has 106 valence electrons. The number of nitrogens with zero attached hydrogens (tertiary/aromatic N) is 1.